The molecule has 3 nitrogen and oxygen atoms in total. The van der Waals surface area contributed by atoms with Crippen molar-refractivity contribution in [2.75, 3.05) is 13.2 Å². The molecule has 0 fully saturated rings. The van der Waals surface area contributed by atoms with Gasteiger partial charge in [-0.3, -0.25) is 4.90 Å². The maximum absolute atomic E-state index is 9.00. The van der Waals surface area contributed by atoms with Crippen molar-refractivity contribution in [2.45, 2.75) is 46.2 Å². The largest absolute Gasteiger partial charge is 0.395 e. The van der Waals surface area contributed by atoms with Gasteiger partial charge in [0.15, 0.2) is 0 Å². The molecule has 0 amide bonds. The van der Waals surface area contributed by atoms with Crippen molar-refractivity contribution in [3.8, 4) is 0 Å². The predicted molar refractivity (Wildman–Crippen MR) is 68.8 cm³/mol. The van der Waals surface area contributed by atoms with Crippen molar-refractivity contribution in [3.05, 3.63) is 16.1 Å². The second kappa shape index (κ2) is 6.33. The average molecular weight is 242 g/mol. The third-order valence-electron chi connectivity index (χ3n) is 2.55. The van der Waals surface area contributed by atoms with Gasteiger partial charge in [-0.25, -0.2) is 4.98 Å². The summed E-state index contributed by atoms with van der Waals surface area (Å²) in [6.07, 6.45) is 0. The molecule has 0 saturated heterocycles. The van der Waals surface area contributed by atoms with Crippen molar-refractivity contribution < 1.29 is 5.11 Å². The fourth-order valence-electron chi connectivity index (χ4n) is 1.52. The van der Waals surface area contributed by atoms with Crippen LogP contribution in [-0.4, -0.2) is 34.2 Å². The first-order chi connectivity index (χ1) is 7.54. The zero-order chi connectivity index (χ0) is 12.1. The molecule has 0 radical (unpaired) electrons. The van der Waals surface area contributed by atoms with Crippen molar-refractivity contribution in [1.29, 1.82) is 0 Å². The highest BCUT2D eigenvalue weighted by Crippen LogP contribution is 2.20. The quantitative estimate of drug-likeness (QED) is 0.832. The minimum absolute atomic E-state index is 0.208. The van der Waals surface area contributed by atoms with Crippen LogP contribution in [0.3, 0.4) is 0 Å². The Kier molecular flexibility index (Phi) is 5.38. The van der Waals surface area contributed by atoms with Gasteiger partial charge in [0.05, 0.1) is 17.3 Å². The van der Waals surface area contributed by atoms with Crippen LogP contribution < -0.4 is 0 Å². The minimum atomic E-state index is 0.208. The normalized spacial score (nSPS) is 12.0. The van der Waals surface area contributed by atoms with Crippen LogP contribution in [0, 0.1) is 0 Å². The number of nitrogens with zero attached hydrogens (tertiary/aromatic N) is 2. The van der Waals surface area contributed by atoms with E-state index in [1.165, 1.54) is 5.01 Å². The molecule has 0 aliphatic heterocycles. The molecular weight excluding hydrogens is 220 g/mol. The van der Waals surface area contributed by atoms with E-state index in [0.717, 1.165) is 12.2 Å². The smallest absolute Gasteiger partial charge is 0.0954 e. The van der Waals surface area contributed by atoms with Crippen LogP contribution in [-0.2, 0) is 6.54 Å². The molecule has 0 aliphatic carbocycles. The summed E-state index contributed by atoms with van der Waals surface area (Å²) >= 11 is 1.73. The lowest BCUT2D eigenvalue weighted by Gasteiger charge is -2.24. The fourth-order valence-corrected chi connectivity index (χ4v) is 2.34. The Bertz CT molecular complexity index is 310. The standard InChI is InChI=1S/C12H22N2OS/c1-9(2)12-13-11(8-16-12)7-14(5-6-15)10(3)4/h8-10,15H,5-7H2,1-4H3. The van der Waals surface area contributed by atoms with Gasteiger partial charge in [0.2, 0.25) is 0 Å². The molecule has 1 aromatic rings. The van der Waals surface area contributed by atoms with Crippen LogP contribution in [0.5, 0.6) is 0 Å². The molecule has 0 aromatic carbocycles. The van der Waals surface area contributed by atoms with Crippen LogP contribution in [0.25, 0.3) is 0 Å². The van der Waals surface area contributed by atoms with E-state index in [-0.39, 0.29) is 6.61 Å². The molecule has 1 rings (SSSR count). The summed E-state index contributed by atoms with van der Waals surface area (Å²) < 4.78 is 0. The number of aliphatic hydroxyl groups is 1. The molecule has 0 spiro atoms. The lowest BCUT2D eigenvalue weighted by molar-refractivity contribution is 0.158. The first-order valence-corrected chi connectivity index (χ1v) is 6.71. The van der Waals surface area contributed by atoms with Gasteiger partial charge in [-0.1, -0.05) is 13.8 Å². The van der Waals surface area contributed by atoms with Gasteiger partial charge in [-0.05, 0) is 13.8 Å². The van der Waals surface area contributed by atoms with Crippen LogP contribution in [0.4, 0.5) is 0 Å². The highest BCUT2D eigenvalue weighted by atomic mass is 32.1. The summed E-state index contributed by atoms with van der Waals surface area (Å²) in [5.41, 5.74) is 1.12. The minimum Gasteiger partial charge on any atom is -0.395 e. The van der Waals surface area contributed by atoms with Gasteiger partial charge in [0.25, 0.3) is 0 Å². The Morgan fingerprint density at radius 3 is 2.50 bits per heavy atom. The van der Waals surface area contributed by atoms with Crippen molar-refractivity contribution >= 4 is 11.3 Å². The summed E-state index contributed by atoms with van der Waals surface area (Å²) in [5.74, 6) is 0.504. The summed E-state index contributed by atoms with van der Waals surface area (Å²) in [5, 5.41) is 12.3. The van der Waals surface area contributed by atoms with E-state index in [1.807, 2.05) is 0 Å². The number of hydrogen-bond donors (Lipinski definition) is 1. The highest BCUT2D eigenvalue weighted by Gasteiger charge is 2.12. The molecule has 92 valence electrons. The van der Waals surface area contributed by atoms with Gasteiger partial charge in [-0.15, -0.1) is 11.3 Å². The Labute approximate surface area is 102 Å². The zero-order valence-corrected chi connectivity index (χ0v) is 11.4. The molecule has 0 saturated carbocycles. The second-order valence-electron chi connectivity index (χ2n) is 4.62. The van der Waals surface area contributed by atoms with E-state index < -0.39 is 0 Å². The topological polar surface area (TPSA) is 36.4 Å². The zero-order valence-electron chi connectivity index (χ0n) is 10.6. The summed E-state index contributed by atoms with van der Waals surface area (Å²) in [4.78, 5) is 6.84. The first kappa shape index (κ1) is 13.6. The molecule has 1 heterocycles. The van der Waals surface area contributed by atoms with E-state index in [4.69, 9.17) is 5.11 Å². The number of thiazole rings is 1. The van der Waals surface area contributed by atoms with E-state index in [1.54, 1.807) is 11.3 Å². The molecule has 1 aromatic heterocycles. The molecule has 4 heteroatoms. The Balaban J connectivity index is 2.62. The third kappa shape index (κ3) is 3.85. The SMILES string of the molecule is CC(C)c1nc(CN(CCO)C(C)C)cs1. The number of hydrogen-bond acceptors (Lipinski definition) is 4. The van der Waals surface area contributed by atoms with Gasteiger partial charge in [0.1, 0.15) is 0 Å². The van der Waals surface area contributed by atoms with E-state index in [9.17, 15) is 0 Å². The number of aromatic nitrogens is 1. The monoisotopic (exact) mass is 242 g/mol. The van der Waals surface area contributed by atoms with E-state index >= 15 is 0 Å². The maximum atomic E-state index is 9.00. The van der Waals surface area contributed by atoms with Crippen LogP contribution in [0.15, 0.2) is 5.38 Å². The van der Waals surface area contributed by atoms with Gasteiger partial charge >= 0.3 is 0 Å². The lowest BCUT2D eigenvalue weighted by atomic mass is 10.2. The molecule has 16 heavy (non-hydrogen) atoms. The van der Waals surface area contributed by atoms with Crippen LogP contribution in [0.2, 0.25) is 0 Å². The number of rotatable bonds is 6. The maximum Gasteiger partial charge on any atom is 0.0954 e. The second-order valence-corrected chi connectivity index (χ2v) is 5.51. The van der Waals surface area contributed by atoms with E-state index in [0.29, 0.717) is 18.5 Å². The summed E-state index contributed by atoms with van der Waals surface area (Å²) in [6.45, 7) is 10.4. The summed E-state index contributed by atoms with van der Waals surface area (Å²) in [7, 11) is 0. The molecule has 0 bridgehead atoms. The van der Waals surface area contributed by atoms with Gasteiger partial charge in [-0.2, -0.15) is 0 Å². The van der Waals surface area contributed by atoms with Gasteiger partial charge in [0, 0.05) is 30.4 Å². The highest BCUT2D eigenvalue weighted by molar-refractivity contribution is 7.09. The molecule has 0 unspecified atom stereocenters. The van der Waals surface area contributed by atoms with Crippen LogP contribution >= 0.6 is 11.3 Å². The van der Waals surface area contributed by atoms with Crippen molar-refractivity contribution in [3.63, 3.8) is 0 Å². The predicted octanol–water partition coefficient (Wildman–Crippen LogP) is 2.47. The molecular formula is C12H22N2OS. The Morgan fingerprint density at radius 1 is 1.38 bits per heavy atom. The average Bonchev–Trinajstić information content (AvgIpc) is 2.65. The van der Waals surface area contributed by atoms with Gasteiger partial charge < -0.3 is 5.11 Å². The lowest BCUT2D eigenvalue weighted by Crippen LogP contribution is -2.33. The molecule has 0 aliphatic rings. The summed E-state index contributed by atoms with van der Waals surface area (Å²) in [6, 6.07) is 0.441. The molecule has 1 N–H and O–H groups in total. The van der Waals surface area contributed by atoms with Crippen molar-refractivity contribution in [1.82, 2.24) is 9.88 Å². The van der Waals surface area contributed by atoms with Crippen molar-refractivity contribution in [2.24, 2.45) is 0 Å². The van der Waals surface area contributed by atoms with E-state index in [2.05, 4.69) is 43.0 Å². The Morgan fingerprint density at radius 2 is 2.06 bits per heavy atom. The molecule has 0 atom stereocenters. The fraction of sp³-hybridized carbons (Fsp3) is 0.750. The first-order valence-electron chi connectivity index (χ1n) is 5.83. The third-order valence-corrected chi connectivity index (χ3v) is 3.74. The number of aliphatic hydroxyl groups excluding tert-OH is 1. The van der Waals surface area contributed by atoms with Crippen LogP contribution in [0.1, 0.15) is 44.3 Å². The Hall–Kier alpha value is -0.450.